The number of rotatable bonds is 3. The van der Waals surface area contributed by atoms with Crippen LogP contribution in [0.25, 0.3) is 22.4 Å². The van der Waals surface area contributed by atoms with E-state index in [9.17, 15) is 4.79 Å². The third-order valence-corrected chi connectivity index (χ3v) is 5.31. The van der Waals surface area contributed by atoms with E-state index in [2.05, 4.69) is 51.6 Å². The zero-order chi connectivity index (χ0) is 18.9. The number of aromatic nitrogens is 3. The number of nitrogens with one attached hydrogen (secondary N) is 2. The topological polar surface area (TPSA) is 64.8 Å². The normalized spacial score (nSPS) is 13.4. The van der Waals surface area contributed by atoms with Crippen molar-refractivity contribution in [3.8, 4) is 22.4 Å². The summed E-state index contributed by atoms with van der Waals surface area (Å²) in [4.78, 5) is 17.6. The van der Waals surface area contributed by atoms with E-state index < -0.39 is 0 Å². The van der Waals surface area contributed by atoms with Crippen molar-refractivity contribution in [3.05, 3.63) is 89.9 Å². The lowest BCUT2D eigenvalue weighted by Crippen LogP contribution is -2.36. The molecule has 0 saturated heterocycles. The van der Waals surface area contributed by atoms with Crippen LogP contribution in [0, 0.1) is 0 Å². The minimum Gasteiger partial charge on any atom is -0.357 e. The van der Waals surface area contributed by atoms with Gasteiger partial charge in [0.2, 0.25) is 0 Å². The molecule has 0 fully saturated rings. The minimum absolute atomic E-state index is 0.0298. The maximum atomic E-state index is 12.7. The first kappa shape index (κ1) is 16.6. The quantitative estimate of drug-likeness (QED) is 0.567. The molecule has 0 radical (unpaired) electrons. The van der Waals surface area contributed by atoms with Crippen LogP contribution in [-0.4, -0.2) is 32.5 Å². The van der Waals surface area contributed by atoms with Crippen LogP contribution in [0.1, 0.15) is 21.7 Å². The summed E-state index contributed by atoms with van der Waals surface area (Å²) < 4.78 is 0. The number of H-pyrrole nitrogens is 2. The van der Waals surface area contributed by atoms with Crippen molar-refractivity contribution in [2.75, 3.05) is 6.54 Å². The molecule has 1 aliphatic rings. The fraction of sp³-hybridized carbons (Fsp3) is 0.130. The summed E-state index contributed by atoms with van der Waals surface area (Å²) in [6, 6.07) is 22.4. The molecule has 2 aromatic heterocycles. The first-order valence-electron chi connectivity index (χ1n) is 9.44. The van der Waals surface area contributed by atoms with Crippen molar-refractivity contribution in [1.29, 1.82) is 0 Å². The molecule has 0 atom stereocenters. The molecule has 0 saturated carbocycles. The predicted molar refractivity (Wildman–Crippen MR) is 109 cm³/mol. The van der Waals surface area contributed by atoms with Crippen LogP contribution in [-0.2, 0) is 13.0 Å². The van der Waals surface area contributed by atoms with Gasteiger partial charge in [-0.3, -0.25) is 9.89 Å². The van der Waals surface area contributed by atoms with Crippen molar-refractivity contribution in [2.45, 2.75) is 13.0 Å². The van der Waals surface area contributed by atoms with Crippen molar-refractivity contribution >= 4 is 5.91 Å². The van der Waals surface area contributed by atoms with Crippen molar-refractivity contribution in [1.82, 2.24) is 20.1 Å². The summed E-state index contributed by atoms with van der Waals surface area (Å²) in [5.74, 6) is 0.0298. The van der Waals surface area contributed by atoms with Gasteiger partial charge in [0.25, 0.3) is 5.91 Å². The summed E-state index contributed by atoms with van der Waals surface area (Å²) >= 11 is 0. The van der Waals surface area contributed by atoms with Gasteiger partial charge < -0.3 is 9.88 Å². The van der Waals surface area contributed by atoms with Gasteiger partial charge in [0.15, 0.2) is 0 Å². The molecular formula is C23H20N4O. The summed E-state index contributed by atoms with van der Waals surface area (Å²) in [6.45, 7) is 1.26. The predicted octanol–water partition coefficient (Wildman–Crippen LogP) is 4.27. The molecule has 0 aliphatic carbocycles. The maximum absolute atomic E-state index is 12.7. The number of fused-ring (bicyclic) bond motifs is 1. The second-order valence-corrected chi connectivity index (χ2v) is 7.03. The van der Waals surface area contributed by atoms with Crippen molar-refractivity contribution in [2.24, 2.45) is 0 Å². The Morgan fingerprint density at radius 2 is 1.64 bits per heavy atom. The van der Waals surface area contributed by atoms with E-state index in [0.29, 0.717) is 18.8 Å². The van der Waals surface area contributed by atoms with Gasteiger partial charge in [0.1, 0.15) is 5.69 Å². The van der Waals surface area contributed by atoms with Crippen LogP contribution in [0.5, 0.6) is 0 Å². The fourth-order valence-electron chi connectivity index (χ4n) is 3.79. The monoisotopic (exact) mass is 368 g/mol. The molecule has 138 valence electrons. The summed E-state index contributed by atoms with van der Waals surface area (Å²) in [7, 11) is 0. The van der Waals surface area contributed by atoms with E-state index in [-0.39, 0.29) is 5.91 Å². The third-order valence-electron chi connectivity index (χ3n) is 5.31. The van der Waals surface area contributed by atoms with Gasteiger partial charge in [-0.2, -0.15) is 5.10 Å². The maximum Gasteiger partial charge on any atom is 0.270 e. The first-order valence-corrected chi connectivity index (χ1v) is 9.44. The minimum atomic E-state index is 0.0298. The zero-order valence-electron chi connectivity index (χ0n) is 15.4. The summed E-state index contributed by atoms with van der Waals surface area (Å²) in [6.07, 6.45) is 2.57. The molecule has 1 amide bonds. The highest BCUT2D eigenvalue weighted by atomic mass is 16.2. The van der Waals surface area contributed by atoms with E-state index >= 15 is 0 Å². The SMILES string of the molecule is O=C(c1ccc[nH]1)N1CCc2[nH]nc(-c3ccc(-c4ccccc4)cc3)c2C1. The molecule has 28 heavy (non-hydrogen) atoms. The number of nitrogens with zero attached hydrogens (tertiary/aromatic N) is 2. The highest BCUT2D eigenvalue weighted by molar-refractivity contribution is 5.92. The van der Waals surface area contributed by atoms with Crippen LogP contribution >= 0.6 is 0 Å². The Hall–Kier alpha value is -3.60. The number of hydrogen-bond acceptors (Lipinski definition) is 2. The Bertz CT molecular complexity index is 1100. The Morgan fingerprint density at radius 1 is 0.893 bits per heavy atom. The molecule has 0 unspecified atom stereocenters. The number of carbonyl (C=O) groups is 1. The van der Waals surface area contributed by atoms with Crippen molar-refractivity contribution < 1.29 is 4.79 Å². The Balaban J connectivity index is 1.43. The molecule has 3 heterocycles. The lowest BCUT2D eigenvalue weighted by molar-refractivity contribution is 0.0729. The highest BCUT2D eigenvalue weighted by Gasteiger charge is 2.26. The van der Waals surface area contributed by atoms with E-state index in [1.807, 2.05) is 35.2 Å². The standard InChI is InChI=1S/C23H20N4O/c28-23(21-7-4-13-24-21)27-14-12-20-19(15-27)22(26-25-20)18-10-8-17(9-11-18)16-5-2-1-3-6-16/h1-11,13,24H,12,14-15H2,(H,25,26). The fourth-order valence-corrected chi connectivity index (χ4v) is 3.79. The average Bonchev–Trinajstić information content (AvgIpc) is 3.44. The van der Waals surface area contributed by atoms with Crippen molar-refractivity contribution in [3.63, 3.8) is 0 Å². The van der Waals surface area contributed by atoms with Gasteiger partial charge in [0.05, 0.1) is 12.2 Å². The molecular weight excluding hydrogens is 348 g/mol. The lowest BCUT2D eigenvalue weighted by Gasteiger charge is -2.26. The van der Waals surface area contributed by atoms with Gasteiger partial charge >= 0.3 is 0 Å². The number of amides is 1. The van der Waals surface area contributed by atoms with E-state index in [1.54, 1.807) is 6.20 Å². The largest absolute Gasteiger partial charge is 0.357 e. The highest BCUT2D eigenvalue weighted by Crippen LogP contribution is 2.30. The van der Waals surface area contributed by atoms with Crippen LogP contribution in [0.4, 0.5) is 0 Å². The zero-order valence-corrected chi connectivity index (χ0v) is 15.4. The van der Waals surface area contributed by atoms with Crippen LogP contribution < -0.4 is 0 Å². The van der Waals surface area contributed by atoms with Crippen LogP contribution in [0.2, 0.25) is 0 Å². The molecule has 5 nitrogen and oxygen atoms in total. The summed E-state index contributed by atoms with van der Waals surface area (Å²) in [5, 5.41) is 7.73. The number of benzene rings is 2. The smallest absolute Gasteiger partial charge is 0.270 e. The number of aromatic amines is 2. The Morgan fingerprint density at radius 3 is 2.39 bits per heavy atom. The van der Waals surface area contributed by atoms with Crippen LogP contribution in [0.15, 0.2) is 72.9 Å². The Kier molecular flexibility index (Phi) is 4.05. The molecule has 2 N–H and O–H groups in total. The van der Waals surface area contributed by atoms with E-state index in [4.69, 9.17) is 0 Å². The number of hydrogen-bond donors (Lipinski definition) is 2. The molecule has 5 rings (SSSR count). The molecule has 4 aromatic rings. The van der Waals surface area contributed by atoms with Gasteiger partial charge in [-0.15, -0.1) is 0 Å². The third kappa shape index (κ3) is 2.91. The second-order valence-electron chi connectivity index (χ2n) is 7.03. The molecule has 2 aromatic carbocycles. The molecule has 1 aliphatic heterocycles. The van der Waals surface area contributed by atoms with Gasteiger partial charge in [-0.05, 0) is 23.3 Å². The number of carbonyl (C=O) groups excluding carboxylic acids is 1. The van der Waals surface area contributed by atoms with Gasteiger partial charge in [-0.1, -0.05) is 54.6 Å². The first-order chi connectivity index (χ1) is 13.8. The van der Waals surface area contributed by atoms with E-state index in [0.717, 1.165) is 28.9 Å². The molecule has 0 spiro atoms. The summed E-state index contributed by atoms with van der Waals surface area (Å²) in [5.41, 5.74) is 7.22. The van der Waals surface area contributed by atoms with Gasteiger partial charge in [0, 0.05) is 36.0 Å². The van der Waals surface area contributed by atoms with Crippen LogP contribution in [0.3, 0.4) is 0 Å². The van der Waals surface area contributed by atoms with E-state index in [1.165, 1.54) is 11.1 Å². The lowest BCUT2D eigenvalue weighted by atomic mass is 9.98. The molecule has 5 heteroatoms. The molecule has 0 bridgehead atoms. The van der Waals surface area contributed by atoms with Gasteiger partial charge in [-0.25, -0.2) is 0 Å². The average molecular weight is 368 g/mol. The second kappa shape index (κ2) is 6.85. The Labute approximate surface area is 163 Å².